The van der Waals surface area contributed by atoms with Gasteiger partial charge in [0.2, 0.25) is 5.91 Å². The Morgan fingerprint density at radius 1 is 0.862 bits per heavy atom. The van der Waals surface area contributed by atoms with E-state index in [1.165, 1.54) is 4.88 Å². The van der Waals surface area contributed by atoms with Crippen molar-refractivity contribution in [1.29, 1.82) is 0 Å². The number of carbonyl (C=O) groups excluding carboxylic acids is 1. The Hall–Kier alpha value is -2.47. The summed E-state index contributed by atoms with van der Waals surface area (Å²) in [6.45, 7) is 4.40. The minimum atomic E-state index is -0.235. The first-order chi connectivity index (χ1) is 14.3. The Kier molecular flexibility index (Phi) is 6.72. The molecule has 0 aliphatic carbocycles. The summed E-state index contributed by atoms with van der Waals surface area (Å²) >= 11 is 1.79. The SMILES string of the molecule is O=C(COC(c1ccccc1)c1ccccc1)N1CCN(Cc2cccs2)CC1. The summed E-state index contributed by atoms with van der Waals surface area (Å²) < 4.78 is 6.14. The summed E-state index contributed by atoms with van der Waals surface area (Å²) in [7, 11) is 0. The van der Waals surface area contributed by atoms with E-state index < -0.39 is 0 Å². The molecule has 1 aliphatic heterocycles. The zero-order valence-corrected chi connectivity index (χ0v) is 17.3. The van der Waals surface area contributed by atoms with Crippen LogP contribution in [0.4, 0.5) is 0 Å². The molecule has 29 heavy (non-hydrogen) atoms. The predicted octanol–water partition coefficient (Wildman–Crippen LogP) is 4.20. The summed E-state index contributed by atoms with van der Waals surface area (Å²) in [5.74, 6) is 0.0673. The summed E-state index contributed by atoms with van der Waals surface area (Å²) in [6, 6.07) is 24.4. The van der Waals surface area contributed by atoms with E-state index in [9.17, 15) is 4.79 Å². The molecule has 2 aromatic carbocycles. The van der Waals surface area contributed by atoms with Crippen LogP contribution in [-0.4, -0.2) is 48.5 Å². The van der Waals surface area contributed by atoms with Gasteiger partial charge in [0.15, 0.2) is 0 Å². The first-order valence-electron chi connectivity index (χ1n) is 10.0. The van der Waals surface area contributed by atoms with Gasteiger partial charge in [0.25, 0.3) is 0 Å². The summed E-state index contributed by atoms with van der Waals surface area (Å²) in [5, 5.41) is 2.11. The molecule has 0 radical (unpaired) electrons. The highest BCUT2D eigenvalue weighted by Crippen LogP contribution is 2.25. The van der Waals surface area contributed by atoms with Gasteiger partial charge in [-0.15, -0.1) is 11.3 Å². The smallest absolute Gasteiger partial charge is 0.248 e. The van der Waals surface area contributed by atoms with Crippen LogP contribution in [0, 0.1) is 0 Å². The molecule has 5 heteroatoms. The molecule has 1 saturated heterocycles. The van der Waals surface area contributed by atoms with E-state index in [4.69, 9.17) is 4.74 Å². The molecule has 0 spiro atoms. The molecule has 3 aromatic rings. The van der Waals surface area contributed by atoms with Gasteiger partial charge in [-0.3, -0.25) is 9.69 Å². The van der Waals surface area contributed by atoms with Gasteiger partial charge in [-0.2, -0.15) is 0 Å². The third-order valence-electron chi connectivity index (χ3n) is 5.26. The quantitative estimate of drug-likeness (QED) is 0.590. The second-order valence-electron chi connectivity index (χ2n) is 7.25. The second-order valence-corrected chi connectivity index (χ2v) is 8.28. The molecule has 2 heterocycles. The van der Waals surface area contributed by atoms with Gasteiger partial charge in [-0.05, 0) is 22.6 Å². The average Bonchev–Trinajstić information content (AvgIpc) is 3.29. The van der Waals surface area contributed by atoms with Crippen molar-refractivity contribution in [3.63, 3.8) is 0 Å². The van der Waals surface area contributed by atoms with E-state index in [1.54, 1.807) is 11.3 Å². The molecule has 150 valence electrons. The third-order valence-corrected chi connectivity index (χ3v) is 6.12. The zero-order chi connectivity index (χ0) is 19.9. The van der Waals surface area contributed by atoms with Crippen molar-refractivity contribution in [2.45, 2.75) is 12.6 Å². The lowest BCUT2D eigenvalue weighted by Crippen LogP contribution is -2.49. The lowest BCUT2D eigenvalue weighted by molar-refractivity contribution is -0.139. The Labute approximate surface area is 176 Å². The van der Waals surface area contributed by atoms with Crippen molar-refractivity contribution >= 4 is 17.2 Å². The molecule has 1 aliphatic rings. The highest BCUT2D eigenvalue weighted by atomic mass is 32.1. The van der Waals surface area contributed by atoms with Crippen molar-refractivity contribution < 1.29 is 9.53 Å². The molecule has 0 N–H and O–H groups in total. The standard InChI is InChI=1S/C24H26N2O2S/c27-23(26-15-13-25(14-16-26)18-22-12-7-17-29-22)19-28-24(20-8-3-1-4-9-20)21-10-5-2-6-11-21/h1-12,17,24H,13-16,18-19H2. The number of piperazine rings is 1. The van der Waals surface area contributed by atoms with Gasteiger partial charge in [-0.1, -0.05) is 66.7 Å². The fourth-order valence-corrected chi connectivity index (χ4v) is 4.41. The Balaban J connectivity index is 1.33. The van der Waals surface area contributed by atoms with E-state index >= 15 is 0 Å². The Morgan fingerprint density at radius 3 is 2.03 bits per heavy atom. The molecule has 1 amide bonds. The molecule has 0 atom stereocenters. The highest BCUT2D eigenvalue weighted by Gasteiger charge is 2.23. The van der Waals surface area contributed by atoms with Crippen molar-refractivity contribution in [2.75, 3.05) is 32.8 Å². The van der Waals surface area contributed by atoms with Gasteiger partial charge in [0.1, 0.15) is 12.7 Å². The van der Waals surface area contributed by atoms with Crippen LogP contribution in [0.2, 0.25) is 0 Å². The molecule has 4 rings (SSSR count). The van der Waals surface area contributed by atoms with Crippen LogP contribution < -0.4 is 0 Å². The Bertz CT molecular complexity index is 836. The number of nitrogens with zero attached hydrogens (tertiary/aromatic N) is 2. The van der Waals surface area contributed by atoms with Crippen molar-refractivity contribution in [3.05, 3.63) is 94.2 Å². The number of amides is 1. The van der Waals surface area contributed by atoms with E-state index in [2.05, 4.69) is 22.4 Å². The summed E-state index contributed by atoms with van der Waals surface area (Å²) in [6.07, 6.45) is -0.235. The van der Waals surface area contributed by atoms with Crippen LogP contribution in [0.25, 0.3) is 0 Å². The first kappa shape index (κ1) is 19.8. The molecule has 1 fully saturated rings. The number of hydrogen-bond donors (Lipinski definition) is 0. The maximum atomic E-state index is 12.8. The van der Waals surface area contributed by atoms with Crippen LogP contribution in [-0.2, 0) is 16.1 Å². The predicted molar refractivity (Wildman–Crippen MR) is 117 cm³/mol. The Morgan fingerprint density at radius 2 is 1.48 bits per heavy atom. The molecular weight excluding hydrogens is 380 g/mol. The minimum Gasteiger partial charge on any atom is -0.359 e. The van der Waals surface area contributed by atoms with Crippen molar-refractivity contribution in [1.82, 2.24) is 9.80 Å². The summed E-state index contributed by atoms with van der Waals surface area (Å²) in [4.78, 5) is 18.5. The normalized spacial score (nSPS) is 15.0. The van der Waals surface area contributed by atoms with Crippen LogP contribution >= 0.6 is 11.3 Å². The molecule has 0 saturated carbocycles. The fourth-order valence-electron chi connectivity index (χ4n) is 3.66. The molecule has 1 aromatic heterocycles. The number of carbonyl (C=O) groups is 1. The molecule has 4 nitrogen and oxygen atoms in total. The molecular formula is C24H26N2O2S. The highest BCUT2D eigenvalue weighted by molar-refractivity contribution is 7.09. The topological polar surface area (TPSA) is 32.8 Å². The number of benzene rings is 2. The number of thiophene rings is 1. The van der Waals surface area contributed by atoms with Crippen LogP contribution in [0.3, 0.4) is 0 Å². The van der Waals surface area contributed by atoms with Crippen molar-refractivity contribution in [3.8, 4) is 0 Å². The lowest BCUT2D eigenvalue weighted by Gasteiger charge is -2.34. The fraction of sp³-hybridized carbons (Fsp3) is 0.292. The van der Waals surface area contributed by atoms with Crippen LogP contribution in [0.1, 0.15) is 22.1 Å². The molecule has 0 unspecified atom stereocenters. The number of hydrogen-bond acceptors (Lipinski definition) is 4. The van der Waals surface area contributed by atoms with Gasteiger partial charge < -0.3 is 9.64 Å². The maximum absolute atomic E-state index is 12.8. The zero-order valence-electron chi connectivity index (χ0n) is 16.4. The number of rotatable bonds is 7. The number of ether oxygens (including phenoxy) is 1. The van der Waals surface area contributed by atoms with E-state index in [1.807, 2.05) is 65.6 Å². The van der Waals surface area contributed by atoms with Crippen LogP contribution in [0.15, 0.2) is 78.2 Å². The minimum absolute atomic E-state index is 0.0673. The van der Waals surface area contributed by atoms with Gasteiger partial charge in [0.05, 0.1) is 0 Å². The van der Waals surface area contributed by atoms with E-state index in [0.29, 0.717) is 0 Å². The molecule has 0 bridgehead atoms. The first-order valence-corrected chi connectivity index (χ1v) is 10.9. The third kappa shape index (κ3) is 5.32. The maximum Gasteiger partial charge on any atom is 0.248 e. The van der Waals surface area contributed by atoms with E-state index in [-0.39, 0.29) is 18.6 Å². The van der Waals surface area contributed by atoms with Crippen LogP contribution in [0.5, 0.6) is 0 Å². The largest absolute Gasteiger partial charge is 0.359 e. The van der Waals surface area contributed by atoms with E-state index in [0.717, 1.165) is 43.9 Å². The van der Waals surface area contributed by atoms with Gasteiger partial charge in [-0.25, -0.2) is 0 Å². The second kappa shape index (κ2) is 9.83. The lowest BCUT2D eigenvalue weighted by atomic mass is 10.0. The van der Waals surface area contributed by atoms with Gasteiger partial charge in [0, 0.05) is 37.6 Å². The monoisotopic (exact) mass is 406 g/mol. The average molecular weight is 407 g/mol. The van der Waals surface area contributed by atoms with Gasteiger partial charge >= 0.3 is 0 Å². The summed E-state index contributed by atoms with van der Waals surface area (Å²) in [5.41, 5.74) is 2.12. The van der Waals surface area contributed by atoms with Crippen molar-refractivity contribution in [2.24, 2.45) is 0 Å².